The van der Waals surface area contributed by atoms with Crippen molar-refractivity contribution in [2.45, 2.75) is 51.5 Å². The number of imidazole rings is 1. The number of aromatic nitrogens is 6. The molecule has 0 unspecified atom stereocenters. The van der Waals surface area contributed by atoms with Gasteiger partial charge in [-0.25, -0.2) is 14.4 Å². The molecule has 11 heteroatoms. The molecule has 3 aliphatic rings. The fourth-order valence-electron chi connectivity index (χ4n) is 5.19. The molecule has 1 saturated carbocycles. The van der Waals surface area contributed by atoms with Crippen molar-refractivity contribution in [3.63, 3.8) is 0 Å². The highest BCUT2D eigenvalue weighted by Crippen LogP contribution is 2.40. The lowest BCUT2D eigenvalue weighted by molar-refractivity contribution is -0.120. The van der Waals surface area contributed by atoms with Crippen LogP contribution in [0.3, 0.4) is 0 Å². The van der Waals surface area contributed by atoms with Crippen molar-refractivity contribution >= 4 is 11.7 Å². The zero-order chi connectivity index (χ0) is 27.3. The number of fused-ring (bicyclic) bond motifs is 1. The normalized spacial score (nSPS) is 17.6. The van der Waals surface area contributed by atoms with Gasteiger partial charge in [0.1, 0.15) is 28.9 Å². The van der Waals surface area contributed by atoms with Crippen molar-refractivity contribution < 1.29 is 18.7 Å². The number of rotatable bonds is 8. The van der Waals surface area contributed by atoms with E-state index in [4.69, 9.17) is 9.47 Å². The highest BCUT2D eigenvalue weighted by Gasteiger charge is 2.35. The molecule has 10 nitrogen and oxygen atoms in total. The molecule has 1 N–H and O–H groups in total. The summed E-state index contributed by atoms with van der Waals surface area (Å²) in [6.07, 6.45) is 8.87. The largest absolute Gasteiger partial charge is 0.491 e. The maximum atomic E-state index is 15.4. The van der Waals surface area contributed by atoms with Crippen LogP contribution in [0.1, 0.15) is 60.4 Å². The second-order valence-corrected chi connectivity index (χ2v) is 11.3. The van der Waals surface area contributed by atoms with Crippen LogP contribution in [0.15, 0.2) is 42.9 Å². The molecule has 1 saturated heterocycles. The number of carbonyl (C=O) groups is 1. The van der Waals surface area contributed by atoms with E-state index in [9.17, 15) is 4.79 Å². The summed E-state index contributed by atoms with van der Waals surface area (Å²) in [6, 6.07) is 8.07. The van der Waals surface area contributed by atoms with Crippen LogP contribution in [0.2, 0.25) is 0 Å². The minimum atomic E-state index is -0.684. The van der Waals surface area contributed by atoms with Crippen molar-refractivity contribution in [1.29, 1.82) is 0 Å². The molecule has 40 heavy (non-hydrogen) atoms. The zero-order valence-electron chi connectivity index (χ0n) is 22.3. The van der Waals surface area contributed by atoms with E-state index in [1.54, 1.807) is 23.0 Å². The van der Waals surface area contributed by atoms with E-state index in [1.807, 2.05) is 12.3 Å². The van der Waals surface area contributed by atoms with Crippen molar-refractivity contribution in [1.82, 2.24) is 29.3 Å². The Balaban J connectivity index is 1.17. The van der Waals surface area contributed by atoms with Crippen molar-refractivity contribution in [3.8, 4) is 23.0 Å². The molecular weight excluding hydrogens is 513 g/mol. The average Bonchev–Trinajstić information content (AvgIpc) is 3.51. The Bertz CT molecular complexity index is 1590. The molecular formula is C29H30FN7O3. The van der Waals surface area contributed by atoms with E-state index >= 15 is 4.39 Å². The van der Waals surface area contributed by atoms with Gasteiger partial charge in [-0.05, 0) is 43.9 Å². The van der Waals surface area contributed by atoms with E-state index in [1.165, 1.54) is 12.1 Å². The first-order valence-electron chi connectivity index (χ1n) is 13.7. The van der Waals surface area contributed by atoms with Gasteiger partial charge in [0.2, 0.25) is 0 Å². The van der Waals surface area contributed by atoms with Gasteiger partial charge < -0.3 is 23.9 Å². The number of benzene rings is 1. The number of nitrogens with one attached hydrogen (secondary N) is 1. The van der Waals surface area contributed by atoms with Crippen LogP contribution in [-0.4, -0.2) is 55.0 Å². The minimum absolute atomic E-state index is 0.116. The fourth-order valence-corrected chi connectivity index (χ4v) is 5.19. The highest BCUT2D eigenvalue weighted by atomic mass is 19.1. The number of pyridine rings is 1. The van der Waals surface area contributed by atoms with E-state index < -0.39 is 11.7 Å². The monoisotopic (exact) mass is 543 g/mol. The average molecular weight is 544 g/mol. The lowest BCUT2D eigenvalue weighted by atomic mass is 9.90. The molecule has 1 aromatic carbocycles. The summed E-state index contributed by atoms with van der Waals surface area (Å²) in [6.45, 7) is 4.45. The summed E-state index contributed by atoms with van der Waals surface area (Å²) in [4.78, 5) is 22.5. The molecule has 0 atom stereocenters. The number of hydrogen-bond acceptors (Lipinski definition) is 7. The molecule has 0 bridgehead atoms. The molecule has 0 radical (unpaired) electrons. The second-order valence-electron chi connectivity index (χ2n) is 11.3. The number of halogens is 1. The molecule has 0 spiro atoms. The SMILES string of the molecule is CC1(COc2cc(F)c(C(=O)Nc3cccc(-c4nnc5n4CCCC5)n3)cc2-n2cnc(C3CC3)c2)COC1. The maximum absolute atomic E-state index is 15.4. The molecule has 206 valence electrons. The van der Waals surface area contributed by atoms with Crippen molar-refractivity contribution in [2.24, 2.45) is 5.41 Å². The van der Waals surface area contributed by atoms with E-state index in [-0.39, 0.29) is 11.0 Å². The summed E-state index contributed by atoms with van der Waals surface area (Å²) in [5, 5.41) is 11.4. The molecule has 1 amide bonds. The van der Waals surface area contributed by atoms with Crippen LogP contribution >= 0.6 is 0 Å². The molecule has 4 aromatic rings. The second kappa shape index (κ2) is 9.81. The Morgan fingerprint density at radius 1 is 1.23 bits per heavy atom. The van der Waals surface area contributed by atoms with E-state index in [0.717, 1.165) is 50.2 Å². The Hall–Kier alpha value is -4.12. The third kappa shape index (κ3) is 4.74. The highest BCUT2D eigenvalue weighted by molar-refractivity contribution is 6.04. The molecule has 1 aliphatic carbocycles. The molecule has 5 heterocycles. The number of ether oxygens (including phenoxy) is 2. The van der Waals surface area contributed by atoms with Gasteiger partial charge in [-0.2, -0.15) is 0 Å². The Morgan fingerprint density at radius 2 is 2.10 bits per heavy atom. The number of carbonyl (C=O) groups excluding carboxylic acids is 1. The van der Waals surface area contributed by atoms with Crippen LogP contribution in [0.4, 0.5) is 10.2 Å². The van der Waals surface area contributed by atoms with Crippen LogP contribution in [0.5, 0.6) is 5.75 Å². The van der Waals surface area contributed by atoms with Gasteiger partial charge in [-0.3, -0.25) is 4.79 Å². The van der Waals surface area contributed by atoms with Gasteiger partial charge in [-0.1, -0.05) is 13.0 Å². The predicted octanol–water partition coefficient (Wildman–Crippen LogP) is 4.55. The molecule has 2 fully saturated rings. The predicted molar refractivity (Wildman–Crippen MR) is 144 cm³/mol. The first-order valence-corrected chi connectivity index (χ1v) is 13.7. The number of aryl methyl sites for hydroxylation is 1. The van der Waals surface area contributed by atoms with E-state index in [2.05, 4.69) is 37.0 Å². The summed E-state index contributed by atoms with van der Waals surface area (Å²) >= 11 is 0. The van der Waals surface area contributed by atoms with Gasteiger partial charge in [0, 0.05) is 36.6 Å². The number of hydrogen-bond donors (Lipinski definition) is 1. The van der Waals surface area contributed by atoms with Crippen LogP contribution < -0.4 is 10.1 Å². The smallest absolute Gasteiger partial charge is 0.259 e. The zero-order valence-corrected chi connectivity index (χ0v) is 22.3. The van der Waals surface area contributed by atoms with Crippen molar-refractivity contribution in [3.05, 3.63) is 65.8 Å². The summed E-state index contributed by atoms with van der Waals surface area (Å²) in [5.41, 5.74) is 1.89. The number of nitrogens with zero attached hydrogens (tertiary/aromatic N) is 6. The number of amides is 1. The lowest BCUT2D eigenvalue weighted by Gasteiger charge is -2.37. The van der Waals surface area contributed by atoms with Crippen LogP contribution in [0.25, 0.3) is 17.2 Å². The maximum Gasteiger partial charge on any atom is 0.259 e. The van der Waals surface area contributed by atoms with Gasteiger partial charge in [0.15, 0.2) is 5.82 Å². The summed E-state index contributed by atoms with van der Waals surface area (Å²) in [7, 11) is 0. The first-order chi connectivity index (χ1) is 19.5. The topological polar surface area (TPSA) is 109 Å². The van der Waals surface area contributed by atoms with Crippen LogP contribution in [0, 0.1) is 11.2 Å². The molecule has 7 rings (SSSR count). The van der Waals surface area contributed by atoms with Crippen LogP contribution in [-0.2, 0) is 17.7 Å². The third-order valence-electron chi connectivity index (χ3n) is 7.73. The molecule has 2 aliphatic heterocycles. The van der Waals surface area contributed by atoms with Gasteiger partial charge in [-0.15, -0.1) is 10.2 Å². The standard InChI is InChI=1S/C29H30FN7O3/c1-29(14-39-15-29)16-40-24-12-20(30)19(11-23(24)36-13-22(31-17-36)18-8-9-18)28(38)33-25-6-4-5-21(32-25)27-35-34-26-7-2-3-10-37(26)27/h4-6,11-13,17-18H,2-3,7-10,14-16H2,1H3,(H,32,33,38). The van der Waals surface area contributed by atoms with E-state index in [0.29, 0.717) is 54.5 Å². The third-order valence-corrected chi connectivity index (χ3v) is 7.73. The quantitative estimate of drug-likeness (QED) is 0.347. The van der Waals surface area contributed by atoms with Gasteiger partial charge >= 0.3 is 0 Å². The first kappa shape index (κ1) is 24.9. The minimum Gasteiger partial charge on any atom is -0.491 e. The summed E-state index contributed by atoms with van der Waals surface area (Å²) in [5.74, 6) is 1.41. The Kier molecular flexibility index (Phi) is 6.10. The van der Waals surface area contributed by atoms with Gasteiger partial charge in [0.05, 0.1) is 43.1 Å². The van der Waals surface area contributed by atoms with Crippen molar-refractivity contribution in [2.75, 3.05) is 25.1 Å². The Labute approximate surface area is 230 Å². The molecule has 3 aromatic heterocycles. The fraction of sp³-hybridized carbons (Fsp3) is 0.414. The Morgan fingerprint density at radius 3 is 2.90 bits per heavy atom. The summed E-state index contributed by atoms with van der Waals surface area (Å²) < 4.78 is 30.7. The van der Waals surface area contributed by atoms with Gasteiger partial charge in [0.25, 0.3) is 5.91 Å². The lowest BCUT2D eigenvalue weighted by Crippen LogP contribution is -2.44. The number of anilines is 1.